The van der Waals surface area contributed by atoms with Gasteiger partial charge in [-0.15, -0.1) is 0 Å². The standard InChI is InChI=1S/C15H18N4O/c1-2-17-10-12-4-3-5-14-13(12)6-9-19(14)11-15(20)18-8-7-16/h3-6,9,17H,2,8,10-11H2,1H3,(H,18,20). The third-order valence-corrected chi connectivity index (χ3v) is 3.15. The van der Waals surface area contributed by atoms with Gasteiger partial charge in [-0.3, -0.25) is 4.79 Å². The molecule has 0 spiro atoms. The van der Waals surface area contributed by atoms with Gasteiger partial charge in [0.05, 0.1) is 6.07 Å². The maximum atomic E-state index is 11.7. The molecule has 2 rings (SSSR count). The third kappa shape index (κ3) is 3.16. The minimum Gasteiger partial charge on any atom is -0.341 e. The van der Waals surface area contributed by atoms with Crippen molar-refractivity contribution in [1.82, 2.24) is 15.2 Å². The number of nitrogens with zero attached hydrogens (tertiary/aromatic N) is 2. The zero-order valence-electron chi connectivity index (χ0n) is 11.5. The Bertz CT molecular complexity index is 639. The predicted molar refractivity (Wildman–Crippen MR) is 77.9 cm³/mol. The van der Waals surface area contributed by atoms with Crippen molar-refractivity contribution < 1.29 is 4.79 Å². The first-order chi connectivity index (χ1) is 9.76. The molecule has 0 bridgehead atoms. The van der Waals surface area contributed by atoms with E-state index in [1.807, 2.05) is 35.0 Å². The maximum absolute atomic E-state index is 11.7. The summed E-state index contributed by atoms with van der Waals surface area (Å²) in [7, 11) is 0. The Morgan fingerprint density at radius 1 is 1.40 bits per heavy atom. The van der Waals surface area contributed by atoms with Crippen LogP contribution in [0.1, 0.15) is 12.5 Å². The van der Waals surface area contributed by atoms with Crippen molar-refractivity contribution in [3.63, 3.8) is 0 Å². The van der Waals surface area contributed by atoms with Crippen molar-refractivity contribution in [3.8, 4) is 6.07 Å². The van der Waals surface area contributed by atoms with Crippen LogP contribution in [0.2, 0.25) is 0 Å². The smallest absolute Gasteiger partial charge is 0.240 e. The summed E-state index contributed by atoms with van der Waals surface area (Å²) in [6.45, 7) is 4.09. The molecule has 20 heavy (non-hydrogen) atoms. The first kappa shape index (κ1) is 14.1. The van der Waals surface area contributed by atoms with Crippen LogP contribution in [0, 0.1) is 11.3 Å². The van der Waals surface area contributed by atoms with E-state index in [9.17, 15) is 4.79 Å². The zero-order chi connectivity index (χ0) is 14.4. The van der Waals surface area contributed by atoms with Gasteiger partial charge in [0.2, 0.25) is 5.91 Å². The number of carbonyl (C=O) groups is 1. The van der Waals surface area contributed by atoms with E-state index in [0.29, 0.717) is 0 Å². The molecule has 0 saturated heterocycles. The highest BCUT2D eigenvalue weighted by atomic mass is 16.1. The summed E-state index contributed by atoms with van der Waals surface area (Å²) in [6.07, 6.45) is 1.91. The second kappa shape index (κ2) is 6.73. The van der Waals surface area contributed by atoms with E-state index >= 15 is 0 Å². The van der Waals surface area contributed by atoms with Gasteiger partial charge in [-0.2, -0.15) is 5.26 Å². The Balaban J connectivity index is 2.20. The zero-order valence-corrected chi connectivity index (χ0v) is 11.5. The molecule has 2 N–H and O–H groups in total. The lowest BCUT2D eigenvalue weighted by Gasteiger charge is -2.07. The predicted octanol–water partition coefficient (Wildman–Crippen LogP) is 1.39. The van der Waals surface area contributed by atoms with Crippen LogP contribution in [0.3, 0.4) is 0 Å². The number of carbonyl (C=O) groups excluding carboxylic acids is 1. The molecule has 1 heterocycles. The van der Waals surface area contributed by atoms with Crippen LogP contribution in [-0.4, -0.2) is 23.6 Å². The molecule has 0 aliphatic heterocycles. The number of benzene rings is 1. The second-order valence-electron chi connectivity index (χ2n) is 4.51. The van der Waals surface area contributed by atoms with Gasteiger partial charge < -0.3 is 15.2 Å². The SMILES string of the molecule is CCNCc1cccc2c1ccn2CC(=O)NCC#N. The van der Waals surface area contributed by atoms with E-state index in [2.05, 4.69) is 23.6 Å². The Labute approximate surface area is 118 Å². The summed E-state index contributed by atoms with van der Waals surface area (Å²) in [6, 6.07) is 10.0. The first-order valence-electron chi connectivity index (χ1n) is 6.67. The summed E-state index contributed by atoms with van der Waals surface area (Å²) in [5.41, 5.74) is 2.26. The van der Waals surface area contributed by atoms with Gasteiger partial charge in [-0.05, 0) is 24.2 Å². The number of nitrogens with one attached hydrogen (secondary N) is 2. The molecule has 104 valence electrons. The maximum Gasteiger partial charge on any atom is 0.240 e. The van der Waals surface area contributed by atoms with E-state index in [0.717, 1.165) is 24.0 Å². The molecule has 0 atom stereocenters. The van der Waals surface area contributed by atoms with E-state index < -0.39 is 0 Å². The van der Waals surface area contributed by atoms with Gasteiger partial charge in [0.1, 0.15) is 13.1 Å². The van der Waals surface area contributed by atoms with E-state index in [1.165, 1.54) is 5.56 Å². The Kier molecular flexibility index (Phi) is 4.75. The number of fused-ring (bicyclic) bond motifs is 1. The van der Waals surface area contributed by atoms with Crippen molar-refractivity contribution >= 4 is 16.8 Å². The summed E-state index contributed by atoms with van der Waals surface area (Å²) in [5, 5.41) is 15.5. The van der Waals surface area contributed by atoms with E-state index in [4.69, 9.17) is 5.26 Å². The van der Waals surface area contributed by atoms with Crippen molar-refractivity contribution in [1.29, 1.82) is 5.26 Å². The van der Waals surface area contributed by atoms with E-state index in [1.54, 1.807) is 0 Å². The Morgan fingerprint density at radius 2 is 2.25 bits per heavy atom. The molecule has 5 nitrogen and oxygen atoms in total. The summed E-state index contributed by atoms with van der Waals surface area (Å²) < 4.78 is 1.90. The first-order valence-corrected chi connectivity index (χ1v) is 6.67. The van der Waals surface area contributed by atoms with Gasteiger partial charge in [0, 0.05) is 23.6 Å². The average molecular weight is 270 g/mol. The molecular weight excluding hydrogens is 252 g/mol. The topological polar surface area (TPSA) is 69.8 Å². The quantitative estimate of drug-likeness (QED) is 0.779. The van der Waals surface area contributed by atoms with Crippen LogP contribution in [0.15, 0.2) is 30.5 Å². The molecule has 0 radical (unpaired) electrons. The summed E-state index contributed by atoms with van der Waals surface area (Å²) in [4.78, 5) is 11.7. The molecule has 0 unspecified atom stereocenters. The van der Waals surface area contributed by atoms with Gasteiger partial charge >= 0.3 is 0 Å². The molecular formula is C15H18N4O. The molecule has 5 heteroatoms. The summed E-state index contributed by atoms with van der Waals surface area (Å²) >= 11 is 0. The van der Waals surface area contributed by atoms with Crippen LogP contribution >= 0.6 is 0 Å². The molecule has 2 aromatic rings. The van der Waals surface area contributed by atoms with Crippen LogP contribution in [0.5, 0.6) is 0 Å². The highest BCUT2D eigenvalue weighted by Gasteiger charge is 2.08. The Morgan fingerprint density at radius 3 is 3.00 bits per heavy atom. The minimum atomic E-state index is -0.152. The fraction of sp³-hybridized carbons (Fsp3) is 0.333. The van der Waals surface area contributed by atoms with Gasteiger partial charge in [0.25, 0.3) is 0 Å². The highest BCUT2D eigenvalue weighted by Crippen LogP contribution is 2.20. The van der Waals surface area contributed by atoms with E-state index in [-0.39, 0.29) is 19.0 Å². The van der Waals surface area contributed by atoms with Crippen molar-refractivity contribution in [2.45, 2.75) is 20.0 Å². The van der Waals surface area contributed by atoms with Gasteiger partial charge in [0.15, 0.2) is 0 Å². The van der Waals surface area contributed by atoms with Gasteiger partial charge in [-0.25, -0.2) is 0 Å². The molecule has 1 aromatic heterocycles. The summed E-state index contributed by atoms with van der Waals surface area (Å²) in [5.74, 6) is -0.152. The lowest BCUT2D eigenvalue weighted by atomic mass is 10.1. The lowest BCUT2D eigenvalue weighted by Crippen LogP contribution is -2.27. The number of hydrogen-bond acceptors (Lipinski definition) is 3. The molecule has 0 aliphatic rings. The van der Waals surface area contributed by atoms with Crippen LogP contribution in [0.25, 0.3) is 10.9 Å². The Hall–Kier alpha value is -2.32. The van der Waals surface area contributed by atoms with Crippen LogP contribution < -0.4 is 10.6 Å². The molecule has 0 aliphatic carbocycles. The van der Waals surface area contributed by atoms with Crippen LogP contribution in [0.4, 0.5) is 0 Å². The number of amides is 1. The number of rotatable bonds is 6. The lowest BCUT2D eigenvalue weighted by molar-refractivity contribution is -0.121. The minimum absolute atomic E-state index is 0.0453. The van der Waals surface area contributed by atoms with Gasteiger partial charge in [-0.1, -0.05) is 19.1 Å². The third-order valence-electron chi connectivity index (χ3n) is 3.15. The average Bonchev–Trinajstić information content (AvgIpc) is 2.86. The second-order valence-corrected chi connectivity index (χ2v) is 4.51. The molecule has 0 fully saturated rings. The fourth-order valence-electron chi connectivity index (χ4n) is 2.19. The van der Waals surface area contributed by atoms with Crippen molar-refractivity contribution in [2.75, 3.05) is 13.1 Å². The molecule has 1 amide bonds. The van der Waals surface area contributed by atoms with Crippen molar-refractivity contribution in [3.05, 3.63) is 36.0 Å². The normalized spacial score (nSPS) is 10.4. The highest BCUT2D eigenvalue weighted by molar-refractivity contribution is 5.85. The monoisotopic (exact) mass is 270 g/mol. The van der Waals surface area contributed by atoms with Crippen LogP contribution in [-0.2, 0) is 17.9 Å². The number of hydrogen-bond donors (Lipinski definition) is 2. The fourth-order valence-corrected chi connectivity index (χ4v) is 2.19. The van der Waals surface area contributed by atoms with Crippen molar-refractivity contribution in [2.24, 2.45) is 0 Å². The number of nitriles is 1. The number of aromatic nitrogens is 1. The largest absolute Gasteiger partial charge is 0.341 e. The molecule has 1 aromatic carbocycles. The molecule has 0 saturated carbocycles.